The molecule has 1 aromatic rings. The molecule has 0 bridgehead atoms. The Hall–Kier alpha value is -0.580. The number of hydrogen-bond acceptors (Lipinski definition) is 3. The summed E-state index contributed by atoms with van der Waals surface area (Å²) < 4.78 is 6.00. The maximum atomic E-state index is 9.68. The smallest absolute Gasteiger partial charge is 0.133 e. The predicted molar refractivity (Wildman–Crippen MR) is 59.3 cm³/mol. The van der Waals surface area contributed by atoms with Crippen LogP contribution in [0.3, 0.4) is 0 Å². The summed E-state index contributed by atoms with van der Waals surface area (Å²) in [6.45, 7) is 0.472. The van der Waals surface area contributed by atoms with Gasteiger partial charge in [0.2, 0.25) is 0 Å². The molecule has 0 fully saturated rings. The molecule has 3 N–H and O–H groups in total. The van der Waals surface area contributed by atoms with E-state index in [0.29, 0.717) is 13.0 Å². The van der Waals surface area contributed by atoms with Crippen molar-refractivity contribution in [3.63, 3.8) is 0 Å². The molecular weight excluding hydrogens is 246 g/mol. The van der Waals surface area contributed by atoms with E-state index in [0.717, 1.165) is 15.8 Å². The zero-order valence-electron chi connectivity index (χ0n) is 8.03. The van der Waals surface area contributed by atoms with E-state index in [1.165, 1.54) is 0 Å². The number of methoxy groups -OCH3 is 1. The molecule has 3 nitrogen and oxygen atoms in total. The Morgan fingerprint density at radius 1 is 1.57 bits per heavy atom. The van der Waals surface area contributed by atoms with E-state index in [4.69, 9.17) is 10.5 Å². The summed E-state index contributed by atoms with van der Waals surface area (Å²) in [4.78, 5) is 0. The van der Waals surface area contributed by atoms with Gasteiger partial charge in [0.05, 0.1) is 17.7 Å². The van der Waals surface area contributed by atoms with Crippen LogP contribution in [0.25, 0.3) is 0 Å². The van der Waals surface area contributed by atoms with Crippen LogP contribution < -0.4 is 10.5 Å². The number of ether oxygens (including phenoxy) is 1. The highest BCUT2D eigenvalue weighted by Crippen LogP contribution is 2.28. The van der Waals surface area contributed by atoms with E-state index in [2.05, 4.69) is 15.9 Å². The lowest BCUT2D eigenvalue weighted by Crippen LogP contribution is -2.06. The molecule has 0 saturated carbocycles. The van der Waals surface area contributed by atoms with Crippen molar-refractivity contribution in [2.45, 2.75) is 12.5 Å². The van der Waals surface area contributed by atoms with Gasteiger partial charge in [-0.15, -0.1) is 0 Å². The van der Waals surface area contributed by atoms with E-state index in [1.807, 2.05) is 18.2 Å². The first-order chi connectivity index (χ1) is 6.69. The molecule has 0 unspecified atom stereocenters. The van der Waals surface area contributed by atoms with Crippen molar-refractivity contribution in [2.75, 3.05) is 13.7 Å². The third kappa shape index (κ3) is 2.70. The zero-order chi connectivity index (χ0) is 10.6. The number of benzene rings is 1. The molecule has 0 aliphatic heterocycles. The minimum absolute atomic E-state index is 0.472. The number of aliphatic hydroxyl groups excluding tert-OH is 1. The van der Waals surface area contributed by atoms with Crippen LogP contribution in [0.1, 0.15) is 18.1 Å². The van der Waals surface area contributed by atoms with Crippen molar-refractivity contribution in [2.24, 2.45) is 5.73 Å². The number of halogens is 1. The Kier molecular flexibility index (Phi) is 4.38. The molecule has 0 aromatic heterocycles. The van der Waals surface area contributed by atoms with Crippen LogP contribution in [-0.4, -0.2) is 18.8 Å². The molecule has 1 atom stereocenters. The molecule has 0 amide bonds. The van der Waals surface area contributed by atoms with E-state index >= 15 is 0 Å². The van der Waals surface area contributed by atoms with E-state index in [9.17, 15) is 5.11 Å². The highest BCUT2D eigenvalue weighted by Gasteiger charge is 2.09. The first-order valence-electron chi connectivity index (χ1n) is 4.40. The van der Waals surface area contributed by atoms with Gasteiger partial charge in [-0.25, -0.2) is 0 Å². The molecule has 0 radical (unpaired) electrons. The Balaban J connectivity index is 2.88. The summed E-state index contributed by atoms with van der Waals surface area (Å²) in [5.74, 6) is 0.721. The monoisotopic (exact) mass is 259 g/mol. The van der Waals surface area contributed by atoms with Gasteiger partial charge in [-0.1, -0.05) is 6.07 Å². The predicted octanol–water partition coefficient (Wildman–Crippen LogP) is 1.84. The average molecular weight is 260 g/mol. The number of nitrogens with two attached hydrogens (primary N) is 1. The van der Waals surface area contributed by atoms with Crippen LogP contribution in [0.15, 0.2) is 22.7 Å². The second-order valence-corrected chi connectivity index (χ2v) is 3.84. The van der Waals surface area contributed by atoms with E-state index in [1.54, 1.807) is 7.11 Å². The van der Waals surface area contributed by atoms with Crippen molar-refractivity contribution >= 4 is 15.9 Å². The fourth-order valence-corrected chi connectivity index (χ4v) is 1.62. The lowest BCUT2D eigenvalue weighted by molar-refractivity contribution is 0.170. The molecule has 78 valence electrons. The third-order valence-electron chi connectivity index (χ3n) is 2.00. The standard InChI is InChI=1S/C10H14BrNO2/c1-14-10-6-7(2-3-8(10)11)9(13)4-5-12/h2-3,6,9,13H,4-5,12H2,1H3/t9-/m1/s1. The van der Waals surface area contributed by atoms with Gasteiger partial charge in [-0.2, -0.15) is 0 Å². The largest absolute Gasteiger partial charge is 0.496 e. The van der Waals surface area contributed by atoms with Crippen molar-refractivity contribution in [3.8, 4) is 5.75 Å². The van der Waals surface area contributed by atoms with Gasteiger partial charge in [-0.05, 0) is 46.6 Å². The second kappa shape index (κ2) is 5.34. The molecule has 0 aliphatic rings. The fraction of sp³-hybridized carbons (Fsp3) is 0.400. The normalized spacial score (nSPS) is 12.6. The molecule has 0 heterocycles. The number of hydrogen-bond donors (Lipinski definition) is 2. The summed E-state index contributed by atoms with van der Waals surface area (Å²) in [6.07, 6.45) is 0.0483. The van der Waals surface area contributed by atoms with Gasteiger partial charge >= 0.3 is 0 Å². The Labute approximate surface area is 92.0 Å². The minimum Gasteiger partial charge on any atom is -0.496 e. The molecule has 0 aliphatic carbocycles. The topological polar surface area (TPSA) is 55.5 Å². The Morgan fingerprint density at radius 2 is 2.29 bits per heavy atom. The molecule has 1 rings (SSSR count). The molecule has 0 spiro atoms. The summed E-state index contributed by atoms with van der Waals surface area (Å²) in [7, 11) is 1.60. The van der Waals surface area contributed by atoms with Crippen LogP contribution in [0, 0.1) is 0 Å². The summed E-state index contributed by atoms with van der Waals surface area (Å²) >= 11 is 3.35. The van der Waals surface area contributed by atoms with Crippen LogP contribution in [0.4, 0.5) is 0 Å². The molecule has 0 saturated heterocycles. The number of aliphatic hydroxyl groups is 1. The highest BCUT2D eigenvalue weighted by molar-refractivity contribution is 9.10. The molecular formula is C10H14BrNO2. The van der Waals surface area contributed by atoms with Gasteiger partial charge < -0.3 is 15.6 Å². The summed E-state index contributed by atoms with van der Waals surface area (Å²) in [5.41, 5.74) is 6.20. The van der Waals surface area contributed by atoms with Gasteiger partial charge in [0.15, 0.2) is 0 Å². The Bertz CT molecular complexity index is 304. The Morgan fingerprint density at radius 3 is 2.86 bits per heavy atom. The fourth-order valence-electron chi connectivity index (χ4n) is 1.21. The molecule has 4 heteroatoms. The van der Waals surface area contributed by atoms with Gasteiger partial charge in [0.25, 0.3) is 0 Å². The first-order valence-corrected chi connectivity index (χ1v) is 5.20. The average Bonchev–Trinajstić information content (AvgIpc) is 2.19. The van der Waals surface area contributed by atoms with E-state index < -0.39 is 6.10 Å². The van der Waals surface area contributed by atoms with Crippen LogP contribution in [0.2, 0.25) is 0 Å². The third-order valence-corrected chi connectivity index (χ3v) is 2.66. The van der Waals surface area contributed by atoms with Gasteiger partial charge in [0.1, 0.15) is 5.75 Å². The van der Waals surface area contributed by atoms with Crippen molar-refractivity contribution in [1.29, 1.82) is 0 Å². The van der Waals surface area contributed by atoms with Crippen molar-refractivity contribution in [3.05, 3.63) is 28.2 Å². The van der Waals surface area contributed by atoms with Crippen LogP contribution in [0.5, 0.6) is 5.75 Å². The lowest BCUT2D eigenvalue weighted by atomic mass is 10.1. The van der Waals surface area contributed by atoms with Crippen molar-refractivity contribution in [1.82, 2.24) is 0 Å². The quantitative estimate of drug-likeness (QED) is 0.868. The first kappa shape index (κ1) is 11.5. The highest BCUT2D eigenvalue weighted by atomic mass is 79.9. The molecule has 1 aromatic carbocycles. The van der Waals surface area contributed by atoms with Crippen molar-refractivity contribution < 1.29 is 9.84 Å². The molecule has 14 heavy (non-hydrogen) atoms. The van der Waals surface area contributed by atoms with Crippen LogP contribution in [-0.2, 0) is 0 Å². The summed E-state index contributed by atoms with van der Waals surface area (Å²) in [5, 5.41) is 9.68. The maximum absolute atomic E-state index is 9.68. The number of rotatable bonds is 4. The zero-order valence-corrected chi connectivity index (χ0v) is 9.62. The second-order valence-electron chi connectivity index (χ2n) is 2.99. The SMILES string of the molecule is COc1cc([C@H](O)CCN)ccc1Br. The van der Waals surface area contributed by atoms with Gasteiger partial charge in [0, 0.05) is 0 Å². The lowest BCUT2D eigenvalue weighted by Gasteiger charge is -2.11. The minimum atomic E-state index is -0.512. The van der Waals surface area contributed by atoms with Gasteiger partial charge in [-0.3, -0.25) is 0 Å². The maximum Gasteiger partial charge on any atom is 0.133 e. The summed E-state index contributed by atoms with van der Waals surface area (Å²) in [6, 6.07) is 5.52. The van der Waals surface area contributed by atoms with E-state index in [-0.39, 0.29) is 0 Å². The van der Waals surface area contributed by atoms with Crippen LogP contribution >= 0.6 is 15.9 Å².